The van der Waals surface area contributed by atoms with Crippen LogP contribution in [0.2, 0.25) is 0 Å². The zero-order chi connectivity index (χ0) is 22.8. The number of nitrogens with zero attached hydrogens (tertiary/aromatic N) is 3. The van der Waals surface area contributed by atoms with Crippen LogP contribution >= 0.6 is 0 Å². The molecular formula is C27H34FN3O2. The molecule has 3 aliphatic rings. The summed E-state index contributed by atoms with van der Waals surface area (Å²) in [5.74, 6) is -0.502. The zero-order valence-electron chi connectivity index (χ0n) is 19.2. The van der Waals surface area contributed by atoms with Crippen LogP contribution in [0.1, 0.15) is 30.4 Å². The van der Waals surface area contributed by atoms with Crippen LogP contribution in [-0.4, -0.2) is 72.2 Å². The molecule has 2 atom stereocenters. The molecule has 2 heterocycles. The lowest BCUT2D eigenvalue weighted by molar-refractivity contribution is -0.137. The fourth-order valence-corrected chi connectivity index (χ4v) is 6.25. The van der Waals surface area contributed by atoms with Crippen molar-refractivity contribution in [2.75, 3.05) is 44.2 Å². The van der Waals surface area contributed by atoms with Crippen molar-refractivity contribution in [3.63, 3.8) is 0 Å². The van der Waals surface area contributed by atoms with Crippen molar-refractivity contribution in [2.45, 2.75) is 44.2 Å². The first kappa shape index (κ1) is 22.4. The average Bonchev–Trinajstić information content (AvgIpc) is 3.27. The topological polar surface area (TPSA) is 47.0 Å². The van der Waals surface area contributed by atoms with Crippen LogP contribution in [0.5, 0.6) is 0 Å². The molecular weight excluding hydrogens is 417 g/mol. The molecule has 2 aliphatic heterocycles. The lowest BCUT2D eigenvalue weighted by atomic mass is 9.85. The van der Waals surface area contributed by atoms with Crippen molar-refractivity contribution < 1.29 is 14.3 Å². The lowest BCUT2D eigenvalue weighted by Crippen LogP contribution is -2.58. The average molecular weight is 452 g/mol. The number of aliphatic carboxylic acids is 1. The summed E-state index contributed by atoms with van der Waals surface area (Å²) < 4.78 is 14.2. The van der Waals surface area contributed by atoms with E-state index in [4.69, 9.17) is 0 Å². The monoisotopic (exact) mass is 451 g/mol. The number of hydrogen-bond donors (Lipinski definition) is 1. The number of carbonyl (C=O) groups is 1. The molecule has 176 valence electrons. The van der Waals surface area contributed by atoms with Gasteiger partial charge in [0.15, 0.2) is 0 Å². The van der Waals surface area contributed by atoms with Crippen molar-refractivity contribution in [2.24, 2.45) is 5.92 Å². The number of anilines is 1. The molecule has 33 heavy (non-hydrogen) atoms. The Morgan fingerprint density at radius 3 is 2.24 bits per heavy atom. The van der Waals surface area contributed by atoms with Crippen molar-refractivity contribution in [1.82, 2.24) is 9.80 Å². The van der Waals surface area contributed by atoms with E-state index in [1.54, 1.807) is 6.07 Å². The Labute approximate surface area is 195 Å². The molecule has 0 aromatic heterocycles. The third kappa shape index (κ3) is 4.92. The minimum Gasteiger partial charge on any atom is -0.481 e. The second-order valence-corrected chi connectivity index (χ2v) is 9.85. The Kier molecular flexibility index (Phi) is 6.65. The van der Waals surface area contributed by atoms with E-state index >= 15 is 0 Å². The Bertz CT molecular complexity index is 950. The summed E-state index contributed by atoms with van der Waals surface area (Å²) in [4.78, 5) is 18.7. The standard InChI is InChI=1S/C27H34FN3O2/c28-24-7-3-4-8-26(24)30-15-13-29(14-16-30)25-11-12-31(19-22(25)9-10-27(32)33)23-17-20-5-1-2-6-21(20)18-23/h1-8,22-23,25H,9-19H2,(H,32,33)/t22-,25+/m0/s1. The number of piperidine rings is 1. The summed E-state index contributed by atoms with van der Waals surface area (Å²) >= 11 is 0. The number of benzene rings is 2. The van der Waals surface area contributed by atoms with Gasteiger partial charge in [-0.1, -0.05) is 36.4 Å². The van der Waals surface area contributed by atoms with Crippen LogP contribution in [0.15, 0.2) is 48.5 Å². The molecule has 0 radical (unpaired) electrons. The van der Waals surface area contributed by atoms with Gasteiger partial charge in [-0.25, -0.2) is 4.39 Å². The smallest absolute Gasteiger partial charge is 0.303 e. The zero-order valence-corrected chi connectivity index (χ0v) is 19.2. The molecule has 6 heteroatoms. The first-order chi connectivity index (χ1) is 16.1. The molecule has 5 rings (SSSR count). The Morgan fingerprint density at radius 1 is 0.909 bits per heavy atom. The summed E-state index contributed by atoms with van der Waals surface area (Å²) in [6, 6.07) is 16.7. The molecule has 2 saturated heterocycles. The van der Waals surface area contributed by atoms with Crippen LogP contribution in [0.4, 0.5) is 10.1 Å². The third-order valence-corrected chi connectivity index (χ3v) is 7.98. The number of carboxylic acid groups (broad SMARTS) is 1. The van der Waals surface area contributed by atoms with Gasteiger partial charge in [-0.15, -0.1) is 0 Å². The van der Waals surface area contributed by atoms with Crippen LogP contribution in [-0.2, 0) is 17.6 Å². The van der Waals surface area contributed by atoms with E-state index in [1.807, 2.05) is 12.1 Å². The van der Waals surface area contributed by atoms with Gasteiger partial charge < -0.3 is 10.0 Å². The summed E-state index contributed by atoms with van der Waals surface area (Å²) in [6.07, 6.45) is 4.25. The van der Waals surface area contributed by atoms with E-state index in [1.165, 1.54) is 17.2 Å². The van der Waals surface area contributed by atoms with Gasteiger partial charge in [0.1, 0.15) is 5.82 Å². The van der Waals surface area contributed by atoms with E-state index in [0.29, 0.717) is 23.7 Å². The molecule has 5 nitrogen and oxygen atoms in total. The van der Waals surface area contributed by atoms with Gasteiger partial charge in [0.05, 0.1) is 5.69 Å². The summed E-state index contributed by atoms with van der Waals surface area (Å²) in [5.41, 5.74) is 3.63. The molecule has 2 fully saturated rings. The highest BCUT2D eigenvalue weighted by molar-refractivity contribution is 5.66. The fraction of sp³-hybridized carbons (Fsp3) is 0.519. The summed E-state index contributed by atoms with van der Waals surface area (Å²) in [6.45, 7) is 5.47. The number of halogens is 1. The van der Waals surface area contributed by atoms with E-state index in [-0.39, 0.29) is 12.2 Å². The number of carboxylic acids is 1. The van der Waals surface area contributed by atoms with Crippen molar-refractivity contribution >= 4 is 11.7 Å². The van der Waals surface area contributed by atoms with Crippen LogP contribution < -0.4 is 4.90 Å². The van der Waals surface area contributed by atoms with Crippen molar-refractivity contribution in [1.29, 1.82) is 0 Å². The summed E-state index contributed by atoms with van der Waals surface area (Å²) in [7, 11) is 0. The van der Waals surface area contributed by atoms with Crippen LogP contribution in [0, 0.1) is 11.7 Å². The molecule has 0 amide bonds. The Hall–Kier alpha value is -2.44. The highest BCUT2D eigenvalue weighted by atomic mass is 19.1. The number of rotatable bonds is 6. The van der Waals surface area contributed by atoms with E-state index in [2.05, 4.69) is 39.0 Å². The van der Waals surface area contributed by atoms with Crippen LogP contribution in [0.3, 0.4) is 0 Å². The number of piperazine rings is 1. The van der Waals surface area contributed by atoms with E-state index in [0.717, 1.165) is 65.0 Å². The highest BCUT2D eigenvalue weighted by Gasteiger charge is 2.38. The minimum absolute atomic E-state index is 0.156. The van der Waals surface area contributed by atoms with Gasteiger partial charge in [0.25, 0.3) is 0 Å². The predicted molar refractivity (Wildman–Crippen MR) is 128 cm³/mol. The predicted octanol–water partition coefficient (Wildman–Crippen LogP) is 3.67. The second kappa shape index (κ2) is 9.82. The number of fused-ring (bicyclic) bond motifs is 1. The third-order valence-electron chi connectivity index (χ3n) is 7.98. The molecule has 0 unspecified atom stereocenters. The fourth-order valence-electron chi connectivity index (χ4n) is 6.25. The summed E-state index contributed by atoms with van der Waals surface area (Å²) in [5, 5.41) is 9.35. The molecule has 0 saturated carbocycles. The Balaban J connectivity index is 1.23. The molecule has 2 aromatic carbocycles. The van der Waals surface area contributed by atoms with Gasteiger partial charge in [-0.05, 0) is 61.4 Å². The molecule has 0 spiro atoms. The maximum absolute atomic E-state index is 14.2. The first-order valence-corrected chi connectivity index (χ1v) is 12.3. The maximum Gasteiger partial charge on any atom is 0.303 e. The van der Waals surface area contributed by atoms with E-state index < -0.39 is 5.97 Å². The molecule has 1 aliphatic carbocycles. The largest absolute Gasteiger partial charge is 0.481 e. The molecule has 2 aromatic rings. The quantitative estimate of drug-likeness (QED) is 0.726. The van der Waals surface area contributed by atoms with Gasteiger partial charge >= 0.3 is 5.97 Å². The first-order valence-electron chi connectivity index (χ1n) is 12.3. The van der Waals surface area contributed by atoms with Gasteiger partial charge in [-0.3, -0.25) is 14.6 Å². The maximum atomic E-state index is 14.2. The van der Waals surface area contributed by atoms with Gasteiger partial charge in [0, 0.05) is 51.2 Å². The SMILES string of the molecule is O=C(O)CC[C@H]1CN(C2Cc3ccccc3C2)CC[C@H]1N1CCN(c2ccccc2F)CC1. The highest BCUT2D eigenvalue weighted by Crippen LogP contribution is 2.33. The molecule has 1 N–H and O–H groups in total. The Morgan fingerprint density at radius 2 is 1.58 bits per heavy atom. The second-order valence-electron chi connectivity index (χ2n) is 9.85. The number of para-hydroxylation sites is 1. The number of hydrogen-bond acceptors (Lipinski definition) is 4. The van der Waals surface area contributed by atoms with Crippen LogP contribution in [0.25, 0.3) is 0 Å². The van der Waals surface area contributed by atoms with Gasteiger partial charge in [0.2, 0.25) is 0 Å². The van der Waals surface area contributed by atoms with E-state index in [9.17, 15) is 14.3 Å². The normalized spacial score (nSPS) is 24.7. The molecule has 0 bridgehead atoms. The lowest BCUT2D eigenvalue weighted by Gasteiger charge is -2.48. The minimum atomic E-state index is -0.705. The van der Waals surface area contributed by atoms with Crippen molar-refractivity contribution in [3.8, 4) is 0 Å². The number of likely N-dealkylation sites (tertiary alicyclic amines) is 1. The van der Waals surface area contributed by atoms with Crippen molar-refractivity contribution in [3.05, 3.63) is 65.5 Å². The van der Waals surface area contributed by atoms with Gasteiger partial charge in [-0.2, -0.15) is 0 Å².